The highest BCUT2D eigenvalue weighted by molar-refractivity contribution is 7.10. The molecule has 0 radical (unpaired) electrons. The number of carbonyl (C=O) groups is 1. The Bertz CT molecular complexity index is 413. The van der Waals surface area contributed by atoms with Crippen molar-refractivity contribution >= 4 is 17.3 Å². The molecule has 2 rings (SSSR count). The number of likely N-dealkylation sites (tertiary alicyclic amines) is 1. The van der Waals surface area contributed by atoms with Crippen LogP contribution in [0.3, 0.4) is 0 Å². The van der Waals surface area contributed by atoms with Crippen LogP contribution in [0.4, 0.5) is 0 Å². The highest BCUT2D eigenvalue weighted by Gasteiger charge is 2.16. The van der Waals surface area contributed by atoms with E-state index in [1.807, 2.05) is 0 Å². The van der Waals surface area contributed by atoms with Gasteiger partial charge in [0.15, 0.2) is 0 Å². The zero-order valence-electron chi connectivity index (χ0n) is 11.4. The Morgan fingerprint density at radius 3 is 2.84 bits per heavy atom. The van der Waals surface area contributed by atoms with Crippen LogP contribution in [0, 0.1) is 0 Å². The fourth-order valence-electron chi connectivity index (χ4n) is 2.48. The van der Waals surface area contributed by atoms with Crippen LogP contribution in [-0.4, -0.2) is 41.7 Å². The average Bonchev–Trinajstić information content (AvgIpc) is 2.89. The Morgan fingerprint density at radius 1 is 1.47 bits per heavy atom. The Hall–Kier alpha value is -0.910. The molecule has 0 saturated carbocycles. The van der Waals surface area contributed by atoms with Crippen molar-refractivity contribution < 1.29 is 9.90 Å². The van der Waals surface area contributed by atoms with E-state index < -0.39 is 5.97 Å². The lowest BCUT2D eigenvalue weighted by Gasteiger charge is -2.32. The molecule has 1 saturated heterocycles. The smallest absolute Gasteiger partial charge is 0.336 e. The normalized spacial score (nSPS) is 18.4. The standard InChI is InChI=1S/C14H22N2O2S/c1-11(16-5-3-2-4-6-16)8-15-9-13-7-12(10-19-13)14(17)18/h7,10-11,15H,2-6,8-9H2,1H3,(H,17,18). The first kappa shape index (κ1) is 14.5. The maximum Gasteiger partial charge on any atom is 0.336 e. The van der Waals surface area contributed by atoms with Crippen LogP contribution >= 0.6 is 11.3 Å². The molecule has 4 nitrogen and oxygen atoms in total. The van der Waals surface area contributed by atoms with E-state index in [0.717, 1.165) is 18.0 Å². The fraction of sp³-hybridized carbons (Fsp3) is 0.643. The number of carboxylic acids is 1. The zero-order chi connectivity index (χ0) is 13.7. The first-order valence-electron chi connectivity index (χ1n) is 6.92. The van der Waals surface area contributed by atoms with Crippen molar-refractivity contribution in [3.05, 3.63) is 21.9 Å². The van der Waals surface area contributed by atoms with Crippen LogP contribution in [0.5, 0.6) is 0 Å². The van der Waals surface area contributed by atoms with Gasteiger partial charge in [0.25, 0.3) is 0 Å². The van der Waals surface area contributed by atoms with Crippen molar-refractivity contribution in [2.24, 2.45) is 0 Å². The predicted octanol–water partition coefficient (Wildman–Crippen LogP) is 2.41. The van der Waals surface area contributed by atoms with Crippen molar-refractivity contribution in [2.45, 2.75) is 38.8 Å². The molecular weight excluding hydrogens is 260 g/mol. The molecule has 1 aromatic heterocycles. The summed E-state index contributed by atoms with van der Waals surface area (Å²) in [6.45, 7) is 6.40. The van der Waals surface area contributed by atoms with Crippen LogP contribution in [0.25, 0.3) is 0 Å². The van der Waals surface area contributed by atoms with Gasteiger partial charge in [0.05, 0.1) is 5.56 Å². The van der Waals surface area contributed by atoms with E-state index in [4.69, 9.17) is 5.11 Å². The third kappa shape index (κ3) is 4.30. The van der Waals surface area contributed by atoms with Gasteiger partial charge >= 0.3 is 5.97 Å². The average molecular weight is 282 g/mol. The van der Waals surface area contributed by atoms with E-state index in [-0.39, 0.29) is 0 Å². The number of hydrogen-bond donors (Lipinski definition) is 2. The molecule has 1 unspecified atom stereocenters. The molecule has 0 amide bonds. The van der Waals surface area contributed by atoms with Crippen molar-refractivity contribution in [1.29, 1.82) is 0 Å². The SMILES string of the molecule is CC(CNCc1cc(C(=O)O)cs1)N1CCCCC1. The molecule has 1 aliphatic rings. The summed E-state index contributed by atoms with van der Waals surface area (Å²) < 4.78 is 0. The maximum absolute atomic E-state index is 10.8. The van der Waals surface area contributed by atoms with E-state index in [0.29, 0.717) is 11.6 Å². The first-order chi connectivity index (χ1) is 9.16. The van der Waals surface area contributed by atoms with Crippen LogP contribution in [0.1, 0.15) is 41.4 Å². The van der Waals surface area contributed by atoms with Gasteiger partial charge in [0, 0.05) is 29.4 Å². The third-order valence-corrected chi connectivity index (χ3v) is 4.59. The van der Waals surface area contributed by atoms with Crippen LogP contribution in [0.15, 0.2) is 11.4 Å². The molecule has 1 aromatic rings. The van der Waals surface area contributed by atoms with E-state index in [9.17, 15) is 4.79 Å². The summed E-state index contributed by atoms with van der Waals surface area (Å²) in [5.74, 6) is -0.843. The number of nitrogens with zero attached hydrogens (tertiary/aromatic N) is 1. The number of aromatic carboxylic acids is 1. The molecule has 2 N–H and O–H groups in total. The quantitative estimate of drug-likeness (QED) is 0.841. The maximum atomic E-state index is 10.8. The molecule has 106 valence electrons. The minimum Gasteiger partial charge on any atom is -0.478 e. The number of piperidine rings is 1. The summed E-state index contributed by atoms with van der Waals surface area (Å²) in [6.07, 6.45) is 4.00. The number of nitrogens with one attached hydrogen (secondary N) is 1. The van der Waals surface area contributed by atoms with E-state index >= 15 is 0 Å². The van der Waals surface area contributed by atoms with Crippen LogP contribution < -0.4 is 5.32 Å². The minimum atomic E-state index is -0.843. The molecule has 2 heterocycles. The van der Waals surface area contributed by atoms with Crippen LogP contribution in [-0.2, 0) is 6.54 Å². The summed E-state index contributed by atoms with van der Waals surface area (Å²) in [5, 5.41) is 14.0. The van der Waals surface area contributed by atoms with E-state index in [1.165, 1.54) is 43.7 Å². The fourth-order valence-corrected chi connectivity index (χ4v) is 3.31. The molecule has 0 spiro atoms. The van der Waals surface area contributed by atoms with E-state index in [2.05, 4.69) is 17.1 Å². The Morgan fingerprint density at radius 2 is 2.21 bits per heavy atom. The van der Waals surface area contributed by atoms with Gasteiger partial charge in [-0.3, -0.25) is 4.90 Å². The highest BCUT2D eigenvalue weighted by Crippen LogP contribution is 2.15. The van der Waals surface area contributed by atoms with Gasteiger partial charge in [-0.2, -0.15) is 0 Å². The number of thiophene rings is 1. The predicted molar refractivity (Wildman–Crippen MR) is 77.9 cm³/mol. The molecule has 5 heteroatoms. The van der Waals surface area contributed by atoms with Crippen molar-refractivity contribution in [1.82, 2.24) is 10.2 Å². The first-order valence-corrected chi connectivity index (χ1v) is 7.80. The van der Waals surface area contributed by atoms with Gasteiger partial charge in [-0.1, -0.05) is 6.42 Å². The number of rotatable bonds is 6. The van der Waals surface area contributed by atoms with Crippen molar-refractivity contribution in [3.63, 3.8) is 0 Å². The van der Waals surface area contributed by atoms with E-state index in [1.54, 1.807) is 11.4 Å². The summed E-state index contributed by atoms with van der Waals surface area (Å²) >= 11 is 1.51. The lowest BCUT2D eigenvalue weighted by atomic mass is 10.1. The molecule has 1 aliphatic heterocycles. The van der Waals surface area contributed by atoms with Gasteiger partial charge in [0.1, 0.15) is 0 Å². The van der Waals surface area contributed by atoms with Gasteiger partial charge in [-0.25, -0.2) is 4.79 Å². The minimum absolute atomic E-state index is 0.394. The Balaban J connectivity index is 1.71. The molecule has 19 heavy (non-hydrogen) atoms. The monoisotopic (exact) mass is 282 g/mol. The number of hydrogen-bond acceptors (Lipinski definition) is 4. The van der Waals surface area contributed by atoms with Crippen molar-refractivity contribution in [2.75, 3.05) is 19.6 Å². The molecule has 0 aliphatic carbocycles. The summed E-state index contributed by atoms with van der Waals surface area (Å²) in [5.41, 5.74) is 0.394. The second kappa shape index (κ2) is 7.03. The second-order valence-electron chi connectivity index (χ2n) is 5.18. The second-order valence-corrected chi connectivity index (χ2v) is 6.18. The number of carboxylic acid groups (broad SMARTS) is 1. The Labute approximate surface area is 118 Å². The molecular formula is C14H22N2O2S. The van der Waals surface area contributed by atoms with Gasteiger partial charge in [-0.05, 0) is 38.9 Å². The molecule has 1 atom stereocenters. The van der Waals surface area contributed by atoms with Crippen molar-refractivity contribution in [3.8, 4) is 0 Å². The summed E-state index contributed by atoms with van der Waals surface area (Å²) in [6, 6.07) is 2.31. The van der Waals surface area contributed by atoms with Gasteiger partial charge in [0.2, 0.25) is 0 Å². The summed E-state index contributed by atoms with van der Waals surface area (Å²) in [4.78, 5) is 14.4. The summed E-state index contributed by atoms with van der Waals surface area (Å²) in [7, 11) is 0. The van der Waals surface area contributed by atoms with Gasteiger partial charge < -0.3 is 10.4 Å². The molecule has 0 bridgehead atoms. The van der Waals surface area contributed by atoms with Crippen LogP contribution in [0.2, 0.25) is 0 Å². The highest BCUT2D eigenvalue weighted by atomic mass is 32.1. The Kier molecular flexibility index (Phi) is 5.36. The lowest BCUT2D eigenvalue weighted by molar-refractivity contribution is 0.0697. The van der Waals surface area contributed by atoms with Gasteiger partial charge in [-0.15, -0.1) is 11.3 Å². The molecule has 0 aromatic carbocycles. The zero-order valence-corrected chi connectivity index (χ0v) is 12.2. The largest absolute Gasteiger partial charge is 0.478 e. The third-order valence-electron chi connectivity index (χ3n) is 3.65. The lowest BCUT2D eigenvalue weighted by Crippen LogP contribution is -2.42. The topological polar surface area (TPSA) is 52.6 Å². The molecule has 1 fully saturated rings.